The quantitative estimate of drug-likeness (QED) is 0.401. The van der Waals surface area contributed by atoms with Crippen molar-refractivity contribution in [3.63, 3.8) is 0 Å². The van der Waals surface area contributed by atoms with Crippen molar-refractivity contribution in [2.24, 2.45) is 5.10 Å². The van der Waals surface area contributed by atoms with Crippen molar-refractivity contribution in [3.05, 3.63) is 50.6 Å². The number of carbonyl (C=O) groups excluding carboxylic acids is 1. The molecule has 0 unspecified atom stereocenters. The first-order valence-electron chi connectivity index (χ1n) is 7.60. The van der Waals surface area contributed by atoms with Crippen LogP contribution in [0.1, 0.15) is 16.1 Å². The molecule has 3 aromatic rings. The largest absolute Gasteiger partial charge is 0.502 e. The van der Waals surface area contributed by atoms with Crippen molar-refractivity contribution in [1.82, 2.24) is 5.43 Å². The highest BCUT2D eigenvalue weighted by Crippen LogP contribution is 2.36. The van der Waals surface area contributed by atoms with Crippen LogP contribution in [0.4, 0.5) is 0 Å². The summed E-state index contributed by atoms with van der Waals surface area (Å²) in [5, 5.41) is 14.6. The zero-order chi connectivity index (χ0) is 19.6. The van der Waals surface area contributed by atoms with Gasteiger partial charge in [-0.3, -0.25) is 4.79 Å². The van der Waals surface area contributed by atoms with Gasteiger partial charge in [-0.1, -0.05) is 15.9 Å². The van der Waals surface area contributed by atoms with E-state index in [9.17, 15) is 9.90 Å². The van der Waals surface area contributed by atoms with E-state index in [4.69, 9.17) is 13.9 Å². The van der Waals surface area contributed by atoms with Crippen molar-refractivity contribution >= 4 is 55.0 Å². The molecular formula is C18H14Br2N2O5. The molecule has 0 aliphatic heterocycles. The van der Waals surface area contributed by atoms with E-state index < -0.39 is 5.91 Å². The van der Waals surface area contributed by atoms with Crippen LogP contribution in [0.2, 0.25) is 0 Å². The lowest BCUT2D eigenvalue weighted by atomic mass is 10.2. The molecule has 140 valence electrons. The fraction of sp³-hybridized carbons (Fsp3) is 0.111. The Morgan fingerprint density at radius 1 is 1.15 bits per heavy atom. The number of nitrogens with one attached hydrogen (secondary N) is 1. The Labute approximate surface area is 171 Å². The zero-order valence-electron chi connectivity index (χ0n) is 14.2. The summed E-state index contributed by atoms with van der Waals surface area (Å²) in [6, 6.07) is 8.42. The molecule has 0 spiro atoms. The van der Waals surface area contributed by atoms with Gasteiger partial charge in [0.25, 0.3) is 0 Å². The monoisotopic (exact) mass is 496 g/mol. The van der Waals surface area contributed by atoms with Gasteiger partial charge in [0.15, 0.2) is 17.3 Å². The fourth-order valence-corrected chi connectivity index (χ4v) is 3.74. The third-order valence-corrected chi connectivity index (χ3v) is 4.69. The minimum atomic E-state index is -0.497. The van der Waals surface area contributed by atoms with Crippen molar-refractivity contribution in [1.29, 1.82) is 0 Å². The fourth-order valence-electron chi connectivity index (χ4n) is 2.40. The Hall–Kier alpha value is -2.52. The maximum atomic E-state index is 12.3. The number of phenols is 1. The normalized spacial score (nSPS) is 11.1. The van der Waals surface area contributed by atoms with Crippen LogP contribution in [0.15, 0.2) is 48.8 Å². The van der Waals surface area contributed by atoms with Gasteiger partial charge in [-0.25, -0.2) is 5.43 Å². The van der Waals surface area contributed by atoms with Gasteiger partial charge in [-0.2, -0.15) is 5.10 Å². The Morgan fingerprint density at radius 3 is 2.44 bits per heavy atom. The average molecular weight is 498 g/mol. The molecule has 2 N–H and O–H groups in total. The number of amides is 1. The second-order valence-corrected chi connectivity index (χ2v) is 7.16. The summed E-state index contributed by atoms with van der Waals surface area (Å²) in [5.74, 6) is -0.0186. The standard InChI is InChI=1S/C18H14Br2N2O5/c1-25-13-3-9(4-14(26-2)16(13)23)8-21-22-18(24)15-6-10-5-11(19)7-12(20)17(10)27-15/h3-8,23H,1-2H3,(H,22,24)/b21-8-. The van der Waals surface area contributed by atoms with E-state index >= 15 is 0 Å². The highest BCUT2D eigenvalue weighted by atomic mass is 79.9. The van der Waals surface area contributed by atoms with Gasteiger partial charge >= 0.3 is 5.91 Å². The molecule has 0 atom stereocenters. The van der Waals surface area contributed by atoms with Gasteiger partial charge in [-0.05, 0) is 46.3 Å². The molecule has 2 aromatic carbocycles. The molecule has 27 heavy (non-hydrogen) atoms. The molecular weight excluding hydrogens is 484 g/mol. The number of halogens is 2. The Kier molecular flexibility index (Phi) is 5.71. The van der Waals surface area contributed by atoms with Crippen LogP contribution in [-0.2, 0) is 0 Å². The Balaban J connectivity index is 1.78. The number of carbonyl (C=O) groups is 1. The number of benzene rings is 2. The lowest BCUT2D eigenvalue weighted by Gasteiger charge is -2.09. The topological polar surface area (TPSA) is 93.3 Å². The summed E-state index contributed by atoms with van der Waals surface area (Å²) in [5.41, 5.74) is 3.54. The van der Waals surface area contributed by atoms with Crippen molar-refractivity contribution in [3.8, 4) is 17.2 Å². The third kappa shape index (κ3) is 4.09. The molecule has 0 saturated heterocycles. The number of hydrogen-bond acceptors (Lipinski definition) is 6. The van der Waals surface area contributed by atoms with Gasteiger partial charge in [0.2, 0.25) is 5.75 Å². The van der Waals surface area contributed by atoms with Gasteiger partial charge < -0.3 is 19.0 Å². The van der Waals surface area contributed by atoms with Crippen LogP contribution >= 0.6 is 31.9 Å². The molecule has 1 heterocycles. The lowest BCUT2D eigenvalue weighted by Crippen LogP contribution is -2.16. The predicted octanol–water partition coefficient (Wildman–Crippen LogP) is 4.44. The first-order valence-corrected chi connectivity index (χ1v) is 9.18. The third-order valence-electron chi connectivity index (χ3n) is 3.64. The van der Waals surface area contributed by atoms with E-state index in [0.29, 0.717) is 11.1 Å². The molecule has 0 aliphatic rings. The summed E-state index contributed by atoms with van der Waals surface area (Å²) >= 11 is 6.79. The number of phenolic OH excluding ortho intramolecular Hbond substituents is 1. The van der Waals surface area contributed by atoms with Crippen LogP contribution in [0.5, 0.6) is 17.2 Å². The second kappa shape index (κ2) is 8.01. The summed E-state index contributed by atoms with van der Waals surface area (Å²) < 4.78 is 17.3. The van der Waals surface area contributed by atoms with Gasteiger partial charge in [-0.15, -0.1) is 0 Å². The highest BCUT2D eigenvalue weighted by molar-refractivity contribution is 9.11. The SMILES string of the molecule is COc1cc(/C=N\NC(=O)c2cc3cc(Br)cc(Br)c3o2)cc(OC)c1O. The molecule has 0 saturated carbocycles. The average Bonchev–Trinajstić information content (AvgIpc) is 3.07. The first-order chi connectivity index (χ1) is 12.9. The van der Waals surface area contributed by atoms with Crippen LogP contribution in [0, 0.1) is 0 Å². The van der Waals surface area contributed by atoms with E-state index in [0.717, 1.165) is 14.3 Å². The van der Waals surface area contributed by atoms with E-state index in [1.54, 1.807) is 18.2 Å². The molecule has 3 rings (SSSR count). The maximum absolute atomic E-state index is 12.3. The number of rotatable bonds is 5. The number of ether oxygens (including phenoxy) is 2. The maximum Gasteiger partial charge on any atom is 0.307 e. The van der Waals surface area contributed by atoms with Crippen LogP contribution in [0.3, 0.4) is 0 Å². The molecule has 0 radical (unpaired) electrons. The van der Waals surface area contributed by atoms with E-state index in [1.165, 1.54) is 20.4 Å². The number of hydrogen-bond donors (Lipinski definition) is 2. The van der Waals surface area contributed by atoms with E-state index in [2.05, 4.69) is 42.4 Å². The highest BCUT2D eigenvalue weighted by Gasteiger charge is 2.14. The van der Waals surface area contributed by atoms with Crippen molar-refractivity contribution in [2.45, 2.75) is 0 Å². The lowest BCUT2D eigenvalue weighted by molar-refractivity contribution is 0.0929. The number of furan rings is 1. The Bertz CT molecular complexity index is 1020. The number of fused-ring (bicyclic) bond motifs is 1. The molecule has 0 aliphatic carbocycles. The zero-order valence-corrected chi connectivity index (χ0v) is 17.4. The minimum Gasteiger partial charge on any atom is -0.502 e. The summed E-state index contributed by atoms with van der Waals surface area (Å²) in [6.07, 6.45) is 1.40. The number of nitrogens with zero attached hydrogens (tertiary/aromatic N) is 1. The van der Waals surface area contributed by atoms with Gasteiger partial charge in [0.05, 0.1) is 24.9 Å². The van der Waals surface area contributed by atoms with Crippen LogP contribution in [0.25, 0.3) is 11.0 Å². The predicted molar refractivity (Wildman–Crippen MR) is 108 cm³/mol. The molecule has 7 nitrogen and oxygen atoms in total. The van der Waals surface area contributed by atoms with E-state index in [-0.39, 0.29) is 23.0 Å². The van der Waals surface area contributed by atoms with Gasteiger partial charge in [0, 0.05) is 15.4 Å². The van der Waals surface area contributed by atoms with Crippen LogP contribution < -0.4 is 14.9 Å². The second-order valence-electron chi connectivity index (χ2n) is 5.39. The minimum absolute atomic E-state index is 0.111. The van der Waals surface area contributed by atoms with Gasteiger partial charge in [0.1, 0.15) is 5.58 Å². The molecule has 1 amide bonds. The molecule has 0 bridgehead atoms. The smallest absolute Gasteiger partial charge is 0.307 e. The van der Waals surface area contributed by atoms with E-state index in [1.807, 2.05) is 12.1 Å². The molecule has 1 aromatic heterocycles. The number of methoxy groups -OCH3 is 2. The van der Waals surface area contributed by atoms with Crippen molar-refractivity contribution < 1.29 is 23.8 Å². The molecule has 9 heteroatoms. The number of aromatic hydroxyl groups is 1. The number of hydrazone groups is 1. The Morgan fingerprint density at radius 2 is 1.81 bits per heavy atom. The summed E-state index contributed by atoms with van der Waals surface area (Å²) in [4.78, 5) is 12.3. The molecule has 0 fully saturated rings. The van der Waals surface area contributed by atoms with Crippen LogP contribution in [-0.4, -0.2) is 31.4 Å². The summed E-state index contributed by atoms with van der Waals surface area (Å²) in [7, 11) is 2.85. The van der Waals surface area contributed by atoms with Crippen molar-refractivity contribution in [2.75, 3.05) is 14.2 Å². The first kappa shape index (κ1) is 19.2. The summed E-state index contributed by atoms with van der Waals surface area (Å²) in [6.45, 7) is 0.